The molecule has 5 nitrogen and oxygen atoms in total. The summed E-state index contributed by atoms with van der Waals surface area (Å²) in [6, 6.07) is 0. The van der Waals surface area contributed by atoms with E-state index in [1.54, 1.807) is 7.11 Å². The summed E-state index contributed by atoms with van der Waals surface area (Å²) in [6.45, 7) is 5.56. The van der Waals surface area contributed by atoms with Gasteiger partial charge in [-0.3, -0.25) is 0 Å². The first-order chi connectivity index (χ1) is 6.27. The summed E-state index contributed by atoms with van der Waals surface area (Å²) in [5.41, 5.74) is -0.471. The predicted octanol–water partition coefficient (Wildman–Crippen LogP) is -0.450. The van der Waals surface area contributed by atoms with E-state index in [1.165, 1.54) is 0 Å². The molecule has 0 saturated carbocycles. The molecule has 0 amide bonds. The topological polar surface area (TPSA) is 67.4 Å². The third-order valence-electron chi connectivity index (χ3n) is 1.51. The Kier molecular flexibility index (Phi) is 5.58. The Morgan fingerprint density at radius 3 is 2.36 bits per heavy atom. The van der Waals surface area contributed by atoms with Crippen molar-refractivity contribution in [2.75, 3.05) is 33.1 Å². The van der Waals surface area contributed by atoms with Gasteiger partial charge in [-0.05, 0) is 13.8 Å². The molecular weight excluding hydrogens is 204 g/mol. The minimum atomic E-state index is -3.15. The Morgan fingerprint density at radius 2 is 1.93 bits per heavy atom. The second kappa shape index (κ2) is 5.65. The number of nitrogens with one attached hydrogen (secondary N) is 2. The molecule has 0 fully saturated rings. The lowest BCUT2D eigenvalue weighted by atomic mass is 10.1. The smallest absolute Gasteiger partial charge is 0.209 e. The van der Waals surface area contributed by atoms with Crippen LogP contribution in [0.2, 0.25) is 0 Å². The van der Waals surface area contributed by atoms with Gasteiger partial charge in [-0.15, -0.1) is 0 Å². The fourth-order valence-corrected chi connectivity index (χ4v) is 2.19. The summed E-state index contributed by atoms with van der Waals surface area (Å²) in [5.74, 6) is 0. The zero-order valence-electron chi connectivity index (χ0n) is 9.25. The van der Waals surface area contributed by atoms with Crippen LogP contribution in [0.4, 0.5) is 0 Å². The van der Waals surface area contributed by atoms with E-state index in [1.807, 2.05) is 13.8 Å². The number of ether oxygens (including phenoxy) is 1. The van der Waals surface area contributed by atoms with Gasteiger partial charge in [0.1, 0.15) is 0 Å². The molecule has 0 aliphatic rings. The van der Waals surface area contributed by atoms with Crippen LogP contribution in [0, 0.1) is 0 Å². The predicted molar refractivity (Wildman–Crippen MR) is 56.8 cm³/mol. The third kappa shape index (κ3) is 8.43. The second-order valence-corrected chi connectivity index (χ2v) is 5.68. The summed E-state index contributed by atoms with van der Waals surface area (Å²) in [6.07, 6.45) is 1.16. The highest BCUT2D eigenvalue weighted by Gasteiger charge is 2.21. The van der Waals surface area contributed by atoms with Crippen LogP contribution in [-0.4, -0.2) is 47.0 Å². The van der Waals surface area contributed by atoms with E-state index in [0.29, 0.717) is 19.7 Å². The van der Waals surface area contributed by atoms with Gasteiger partial charge in [0.2, 0.25) is 10.0 Å². The fourth-order valence-electron chi connectivity index (χ4n) is 1.11. The number of sulfonamides is 1. The summed E-state index contributed by atoms with van der Waals surface area (Å²) in [5, 5.41) is 3.10. The quantitative estimate of drug-likeness (QED) is 0.575. The maximum Gasteiger partial charge on any atom is 0.209 e. The SMILES string of the molecule is COCCNCC(C)(C)NS(C)(=O)=O. The molecule has 0 aromatic rings. The van der Waals surface area contributed by atoms with Gasteiger partial charge in [-0.1, -0.05) is 0 Å². The van der Waals surface area contributed by atoms with Gasteiger partial charge in [0.05, 0.1) is 12.9 Å². The van der Waals surface area contributed by atoms with Crippen molar-refractivity contribution in [1.82, 2.24) is 10.0 Å². The van der Waals surface area contributed by atoms with E-state index in [9.17, 15) is 8.42 Å². The molecule has 0 aromatic heterocycles. The largest absolute Gasteiger partial charge is 0.383 e. The van der Waals surface area contributed by atoms with Gasteiger partial charge in [-0.25, -0.2) is 13.1 Å². The lowest BCUT2D eigenvalue weighted by Crippen LogP contribution is -2.50. The first-order valence-electron chi connectivity index (χ1n) is 4.45. The highest BCUT2D eigenvalue weighted by molar-refractivity contribution is 7.88. The Morgan fingerprint density at radius 1 is 1.36 bits per heavy atom. The maximum atomic E-state index is 11.0. The van der Waals surface area contributed by atoms with E-state index in [4.69, 9.17) is 4.74 Å². The zero-order chi connectivity index (χ0) is 11.2. The van der Waals surface area contributed by atoms with E-state index in [0.717, 1.165) is 6.26 Å². The average Bonchev–Trinajstić information content (AvgIpc) is 1.93. The standard InChI is InChI=1S/C8H20N2O3S/c1-8(2,10-14(4,11)12)7-9-5-6-13-3/h9-10H,5-7H2,1-4H3. The van der Waals surface area contributed by atoms with Gasteiger partial charge < -0.3 is 10.1 Å². The van der Waals surface area contributed by atoms with Crippen LogP contribution in [0.15, 0.2) is 0 Å². The highest BCUT2D eigenvalue weighted by atomic mass is 32.2. The first-order valence-corrected chi connectivity index (χ1v) is 6.34. The minimum Gasteiger partial charge on any atom is -0.383 e. The molecule has 0 unspecified atom stereocenters. The molecule has 0 aromatic carbocycles. The van der Waals surface area contributed by atoms with Crippen molar-refractivity contribution in [2.45, 2.75) is 19.4 Å². The number of hydrogen-bond donors (Lipinski definition) is 2. The summed E-state index contributed by atoms with van der Waals surface area (Å²) in [7, 11) is -1.52. The Hall–Kier alpha value is -0.170. The Balaban J connectivity index is 3.84. The number of hydrogen-bond acceptors (Lipinski definition) is 4. The van der Waals surface area contributed by atoms with Crippen molar-refractivity contribution >= 4 is 10.0 Å². The van der Waals surface area contributed by atoms with Crippen LogP contribution in [0.5, 0.6) is 0 Å². The van der Waals surface area contributed by atoms with Gasteiger partial charge in [0.15, 0.2) is 0 Å². The van der Waals surface area contributed by atoms with Gasteiger partial charge in [0.25, 0.3) is 0 Å². The summed E-state index contributed by atoms with van der Waals surface area (Å²) in [4.78, 5) is 0. The van der Waals surface area contributed by atoms with Crippen LogP contribution in [0.1, 0.15) is 13.8 Å². The first kappa shape index (κ1) is 13.8. The number of methoxy groups -OCH3 is 1. The molecule has 0 saturated heterocycles. The van der Waals surface area contributed by atoms with Crippen molar-refractivity contribution in [3.63, 3.8) is 0 Å². The molecule has 0 aliphatic heterocycles. The third-order valence-corrected chi connectivity index (χ3v) is 2.43. The van der Waals surface area contributed by atoms with Crippen LogP contribution >= 0.6 is 0 Å². The minimum absolute atomic E-state index is 0.471. The Labute approximate surface area is 86.3 Å². The van der Waals surface area contributed by atoms with E-state index < -0.39 is 15.6 Å². The molecule has 0 atom stereocenters. The van der Waals surface area contributed by atoms with E-state index >= 15 is 0 Å². The zero-order valence-corrected chi connectivity index (χ0v) is 10.1. The van der Waals surface area contributed by atoms with Gasteiger partial charge in [0, 0.05) is 25.7 Å². The van der Waals surface area contributed by atoms with E-state index in [-0.39, 0.29) is 0 Å². The number of rotatable bonds is 7. The average molecular weight is 224 g/mol. The summed E-state index contributed by atoms with van der Waals surface area (Å²) >= 11 is 0. The monoisotopic (exact) mass is 224 g/mol. The molecule has 0 bridgehead atoms. The molecule has 0 radical (unpaired) electrons. The van der Waals surface area contributed by atoms with E-state index in [2.05, 4.69) is 10.0 Å². The molecule has 86 valence electrons. The maximum absolute atomic E-state index is 11.0. The van der Waals surface area contributed by atoms with Crippen LogP contribution < -0.4 is 10.0 Å². The van der Waals surface area contributed by atoms with Crippen molar-refractivity contribution in [2.24, 2.45) is 0 Å². The van der Waals surface area contributed by atoms with Gasteiger partial charge in [-0.2, -0.15) is 0 Å². The van der Waals surface area contributed by atoms with Crippen molar-refractivity contribution < 1.29 is 13.2 Å². The van der Waals surface area contributed by atoms with Crippen LogP contribution in [0.3, 0.4) is 0 Å². The summed E-state index contributed by atoms with van der Waals surface area (Å²) < 4.78 is 29.3. The molecule has 14 heavy (non-hydrogen) atoms. The highest BCUT2D eigenvalue weighted by Crippen LogP contribution is 2.01. The molecular formula is C8H20N2O3S. The van der Waals surface area contributed by atoms with Crippen molar-refractivity contribution in [1.29, 1.82) is 0 Å². The molecule has 0 spiro atoms. The second-order valence-electron chi connectivity index (χ2n) is 3.93. The van der Waals surface area contributed by atoms with Crippen molar-refractivity contribution in [3.05, 3.63) is 0 Å². The fraction of sp³-hybridized carbons (Fsp3) is 1.00. The van der Waals surface area contributed by atoms with Crippen molar-refractivity contribution in [3.8, 4) is 0 Å². The van der Waals surface area contributed by atoms with Crippen LogP contribution in [-0.2, 0) is 14.8 Å². The molecule has 6 heteroatoms. The van der Waals surface area contributed by atoms with Gasteiger partial charge >= 0.3 is 0 Å². The molecule has 0 aliphatic carbocycles. The lowest BCUT2D eigenvalue weighted by Gasteiger charge is -2.25. The lowest BCUT2D eigenvalue weighted by molar-refractivity contribution is 0.197. The molecule has 2 N–H and O–H groups in total. The Bertz CT molecular complexity index is 249. The molecule has 0 rings (SSSR count). The van der Waals surface area contributed by atoms with Crippen LogP contribution in [0.25, 0.3) is 0 Å². The molecule has 0 heterocycles. The normalized spacial score (nSPS) is 13.1.